The Kier molecular flexibility index (Phi) is 6.63. The van der Waals surface area contributed by atoms with Crippen LogP contribution in [0.15, 0.2) is 72.3 Å². The molecular formula is C30H28N2O6. The van der Waals surface area contributed by atoms with Gasteiger partial charge >= 0.3 is 5.97 Å². The summed E-state index contributed by atoms with van der Waals surface area (Å²) in [5.74, 6) is -1.44. The smallest absolute Gasteiger partial charge is 0.309 e. The predicted octanol–water partition coefficient (Wildman–Crippen LogP) is 4.17. The Hall–Kier alpha value is -4.59. The zero-order chi connectivity index (χ0) is 27.0. The molecule has 0 radical (unpaired) electrons. The Bertz CT molecular complexity index is 1460. The van der Waals surface area contributed by atoms with Crippen LogP contribution in [0.4, 0.5) is 11.4 Å². The highest BCUT2D eigenvalue weighted by atomic mass is 16.5. The molecule has 3 aromatic rings. The molecule has 194 valence electrons. The summed E-state index contributed by atoms with van der Waals surface area (Å²) < 4.78 is 10.4. The molecular weight excluding hydrogens is 484 g/mol. The molecule has 3 aromatic carbocycles. The Labute approximate surface area is 220 Å². The lowest BCUT2D eigenvalue weighted by Gasteiger charge is -2.28. The molecule has 2 aliphatic rings. The third-order valence-electron chi connectivity index (χ3n) is 6.92. The maximum absolute atomic E-state index is 13.5. The first-order valence-electron chi connectivity index (χ1n) is 12.3. The SMILES string of the molecule is COC(=O)Cc1ccc(N2C(=O)C(=O)/C(=C(\O)c3ccc4c(c3)N(C)CCO4)C2c2cccc(C)c2)cc1. The first-order chi connectivity index (χ1) is 18.3. The second-order valence-corrected chi connectivity index (χ2v) is 9.46. The van der Waals surface area contributed by atoms with Gasteiger partial charge in [-0.3, -0.25) is 19.3 Å². The fourth-order valence-corrected chi connectivity index (χ4v) is 4.92. The fourth-order valence-electron chi connectivity index (χ4n) is 4.92. The van der Waals surface area contributed by atoms with E-state index in [-0.39, 0.29) is 23.7 Å². The van der Waals surface area contributed by atoms with E-state index in [1.807, 2.05) is 43.1 Å². The predicted molar refractivity (Wildman–Crippen MR) is 143 cm³/mol. The standard InChI is InChI=1S/C30H28N2O6/c1-18-5-4-6-20(15-18)27-26(28(34)21-9-12-24-23(17-21)31(2)13-14-38-24)29(35)30(36)32(27)22-10-7-19(8-11-22)16-25(33)37-3/h4-12,15,17,27,34H,13-14,16H2,1-3H3/b28-26-. The van der Waals surface area contributed by atoms with Crippen LogP contribution in [0, 0.1) is 6.92 Å². The van der Waals surface area contributed by atoms with E-state index in [9.17, 15) is 19.5 Å². The van der Waals surface area contributed by atoms with Crippen molar-refractivity contribution in [2.75, 3.05) is 37.1 Å². The van der Waals surface area contributed by atoms with Gasteiger partial charge in [0.1, 0.15) is 18.1 Å². The highest BCUT2D eigenvalue weighted by Crippen LogP contribution is 2.43. The first-order valence-corrected chi connectivity index (χ1v) is 12.3. The second-order valence-electron chi connectivity index (χ2n) is 9.46. The lowest BCUT2D eigenvalue weighted by atomic mass is 9.94. The third-order valence-corrected chi connectivity index (χ3v) is 6.92. The summed E-state index contributed by atoms with van der Waals surface area (Å²) >= 11 is 0. The Balaban J connectivity index is 1.63. The number of rotatable bonds is 5. The average Bonchev–Trinajstić information content (AvgIpc) is 3.19. The van der Waals surface area contributed by atoms with Crippen molar-refractivity contribution >= 4 is 34.8 Å². The van der Waals surface area contributed by atoms with Crippen molar-refractivity contribution in [2.45, 2.75) is 19.4 Å². The minimum Gasteiger partial charge on any atom is -0.507 e. The number of aliphatic hydroxyl groups is 1. The molecule has 1 amide bonds. The van der Waals surface area contributed by atoms with Crippen molar-refractivity contribution < 1.29 is 29.0 Å². The topological polar surface area (TPSA) is 96.4 Å². The van der Waals surface area contributed by atoms with Crippen LogP contribution in [0.1, 0.15) is 28.3 Å². The molecule has 5 rings (SSSR count). The van der Waals surface area contributed by atoms with E-state index in [1.165, 1.54) is 12.0 Å². The maximum atomic E-state index is 13.5. The quantitative estimate of drug-likeness (QED) is 0.237. The summed E-state index contributed by atoms with van der Waals surface area (Å²) in [5.41, 5.74) is 4.07. The molecule has 0 saturated carbocycles. The van der Waals surface area contributed by atoms with Crippen LogP contribution < -0.4 is 14.5 Å². The van der Waals surface area contributed by atoms with E-state index < -0.39 is 17.7 Å². The number of anilines is 2. The number of fused-ring (bicyclic) bond motifs is 1. The van der Waals surface area contributed by atoms with E-state index in [0.29, 0.717) is 41.3 Å². The van der Waals surface area contributed by atoms with Crippen LogP contribution in [0.25, 0.3) is 5.76 Å². The van der Waals surface area contributed by atoms with Gasteiger partial charge in [-0.25, -0.2) is 0 Å². The molecule has 0 aliphatic carbocycles. The maximum Gasteiger partial charge on any atom is 0.309 e. The summed E-state index contributed by atoms with van der Waals surface area (Å²) in [6.07, 6.45) is 0.0907. The number of methoxy groups -OCH3 is 1. The lowest BCUT2D eigenvalue weighted by molar-refractivity contribution is -0.139. The van der Waals surface area contributed by atoms with Gasteiger partial charge in [0.15, 0.2) is 0 Å². The zero-order valence-electron chi connectivity index (χ0n) is 21.4. The molecule has 1 fully saturated rings. The van der Waals surface area contributed by atoms with Crippen LogP contribution in [0.5, 0.6) is 5.75 Å². The Morgan fingerprint density at radius 3 is 2.55 bits per heavy atom. The van der Waals surface area contributed by atoms with E-state index in [4.69, 9.17) is 9.47 Å². The van der Waals surface area contributed by atoms with E-state index in [2.05, 4.69) is 0 Å². The number of aryl methyl sites for hydroxylation is 1. The summed E-state index contributed by atoms with van der Waals surface area (Å²) in [4.78, 5) is 42.0. The van der Waals surface area contributed by atoms with Gasteiger partial charge in [-0.05, 0) is 48.4 Å². The number of hydrogen-bond donors (Lipinski definition) is 1. The molecule has 8 nitrogen and oxygen atoms in total. The molecule has 8 heteroatoms. The molecule has 0 aromatic heterocycles. The highest BCUT2D eigenvalue weighted by molar-refractivity contribution is 6.51. The number of ketones is 1. The number of hydrogen-bond acceptors (Lipinski definition) is 7. The molecule has 1 unspecified atom stereocenters. The van der Waals surface area contributed by atoms with Gasteiger partial charge in [0.2, 0.25) is 0 Å². The van der Waals surface area contributed by atoms with Crippen LogP contribution in [-0.2, 0) is 25.5 Å². The summed E-state index contributed by atoms with van der Waals surface area (Å²) in [7, 11) is 3.26. The average molecular weight is 513 g/mol. The number of benzene rings is 3. The number of Topliss-reactive ketones (excluding diaryl/α,β-unsaturated/α-hetero) is 1. The van der Waals surface area contributed by atoms with Crippen LogP contribution >= 0.6 is 0 Å². The van der Waals surface area contributed by atoms with Gasteiger partial charge in [-0.15, -0.1) is 0 Å². The number of aliphatic hydroxyl groups excluding tert-OH is 1. The molecule has 0 spiro atoms. The fraction of sp³-hybridized carbons (Fsp3) is 0.233. The largest absolute Gasteiger partial charge is 0.507 e. The van der Waals surface area contributed by atoms with E-state index in [1.54, 1.807) is 42.5 Å². The van der Waals surface area contributed by atoms with Gasteiger partial charge in [-0.2, -0.15) is 0 Å². The van der Waals surface area contributed by atoms with Crippen LogP contribution in [0.2, 0.25) is 0 Å². The number of nitrogens with zero attached hydrogens (tertiary/aromatic N) is 2. The Morgan fingerprint density at radius 2 is 1.84 bits per heavy atom. The highest BCUT2D eigenvalue weighted by Gasteiger charge is 2.47. The number of amides is 1. The number of ether oxygens (including phenoxy) is 2. The minimum atomic E-state index is -0.841. The molecule has 1 atom stereocenters. The molecule has 38 heavy (non-hydrogen) atoms. The van der Waals surface area contributed by atoms with Gasteiger partial charge < -0.3 is 19.5 Å². The number of esters is 1. The van der Waals surface area contributed by atoms with Crippen molar-refractivity contribution in [1.82, 2.24) is 0 Å². The van der Waals surface area contributed by atoms with Crippen LogP contribution in [0.3, 0.4) is 0 Å². The minimum absolute atomic E-state index is 0.0126. The second kappa shape index (κ2) is 10.0. The van der Waals surface area contributed by atoms with E-state index in [0.717, 1.165) is 11.3 Å². The zero-order valence-corrected chi connectivity index (χ0v) is 21.4. The number of likely N-dealkylation sites (N-methyl/N-ethyl adjacent to an activating group) is 1. The van der Waals surface area contributed by atoms with Crippen LogP contribution in [-0.4, -0.2) is 50.1 Å². The molecule has 2 heterocycles. The summed E-state index contributed by atoms with van der Waals surface area (Å²) in [6.45, 7) is 3.18. The van der Waals surface area contributed by atoms with Gasteiger partial charge in [0.25, 0.3) is 11.7 Å². The van der Waals surface area contributed by atoms with Gasteiger partial charge in [0, 0.05) is 18.3 Å². The van der Waals surface area contributed by atoms with Gasteiger partial charge in [-0.1, -0.05) is 42.0 Å². The molecule has 1 N–H and O–H groups in total. The monoisotopic (exact) mass is 512 g/mol. The Morgan fingerprint density at radius 1 is 1.08 bits per heavy atom. The van der Waals surface area contributed by atoms with Gasteiger partial charge in [0.05, 0.1) is 37.4 Å². The van der Waals surface area contributed by atoms with Crippen molar-refractivity contribution in [2.24, 2.45) is 0 Å². The normalized spacial score (nSPS) is 18.2. The molecule has 1 saturated heterocycles. The van der Waals surface area contributed by atoms with Crippen molar-refractivity contribution in [3.63, 3.8) is 0 Å². The molecule has 2 aliphatic heterocycles. The molecule has 0 bridgehead atoms. The lowest BCUT2D eigenvalue weighted by Crippen LogP contribution is -2.29. The summed E-state index contributed by atoms with van der Waals surface area (Å²) in [6, 6.07) is 18.7. The van der Waals surface area contributed by atoms with Crippen molar-refractivity contribution in [1.29, 1.82) is 0 Å². The van der Waals surface area contributed by atoms with E-state index >= 15 is 0 Å². The third kappa shape index (κ3) is 4.49. The van der Waals surface area contributed by atoms with Crippen molar-refractivity contribution in [3.8, 4) is 5.75 Å². The number of carbonyl (C=O) groups excluding carboxylic acids is 3. The number of carbonyl (C=O) groups is 3. The first kappa shape index (κ1) is 25.1. The van der Waals surface area contributed by atoms with Crippen molar-refractivity contribution in [3.05, 3.63) is 94.6 Å². The summed E-state index contributed by atoms with van der Waals surface area (Å²) in [5, 5.41) is 11.5.